The van der Waals surface area contributed by atoms with Crippen LogP contribution in [0.5, 0.6) is 0 Å². The Balaban J connectivity index is 1.36. The number of ether oxygens (including phenoxy) is 1. The molecule has 0 aromatic rings. The lowest BCUT2D eigenvalue weighted by Gasteiger charge is -2.30. The van der Waals surface area contributed by atoms with Crippen molar-refractivity contribution in [1.29, 1.82) is 0 Å². The SMILES string of the molecule is CC[C@@H]1C[C@H]2C(=O)N[C@]3(C(=O)NS(=O)(=O)C4CC4)C[C@@H]3/C=C\CCCCC[C@H](NC(=O)OC3CCCC3)C(=O)N2C1. The van der Waals surface area contributed by atoms with Crippen molar-refractivity contribution >= 4 is 33.8 Å². The summed E-state index contributed by atoms with van der Waals surface area (Å²) in [6.07, 6.45) is 13.0. The molecule has 0 aromatic carbocycles. The number of hydrogen-bond acceptors (Lipinski definition) is 7. The average Bonchev–Trinajstić information content (AvgIpc) is 3.80. The van der Waals surface area contributed by atoms with Crippen LogP contribution in [0.2, 0.25) is 0 Å². The molecule has 3 aliphatic carbocycles. The Morgan fingerprint density at radius 2 is 1.80 bits per heavy atom. The first kappa shape index (κ1) is 29.8. The normalized spacial score (nSPS) is 33.9. The molecule has 0 aromatic heterocycles. The number of rotatable bonds is 6. The van der Waals surface area contributed by atoms with E-state index in [9.17, 15) is 27.6 Å². The third kappa shape index (κ3) is 6.89. The van der Waals surface area contributed by atoms with E-state index >= 15 is 0 Å². The first-order chi connectivity index (χ1) is 19.6. The summed E-state index contributed by atoms with van der Waals surface area (Å²) in [6.45, 7) is 2.38. The fourth-order valence-corrected chi connectivity index (χ4v) is 7.88. The van der Waals surface area contributed by atoms with E-state index in [-0.39, 0.29) is 23.8 Å². The van der Waals surface area contributed by atoms with E-state index in [1.54, 1.807) is 4.90 Å². The monoisotopic (exact) mass is 592 g/mol. The van der Waals surface area contributed by atoms with E-state index in [2.05, 4.69) is 15.4 Å². The van der Waals surface area contributed by atoms with Gasteiger partial charge in [-0.1, -0.05) is 38.3 Å². The molecule has 41 heavy (non-hydrogen) atoms. The molecular weight excluding hydrogens is 548 g/mol. The number of allylic oxidation sites excluding steroid dienone is 1. The number of hydrogen-bond donors (Lipinski definition) is 3. The quantitative estimate of drug-likeness (QED) is 0.401. The van der Waals surface area contributed by atoms with Gasteiger partial charge in [0.05, 0.1) is 5.25 Å². The molecule has 2 heterocycles. The molecule has 4 fully saturated rings. The van der Waals surface area contributed by atoms with Gasteiger partial charge in [-0.3, -0.25) is 19.1 Å². The Kier molecular flexibility index (Phi) is 8.96. The standard InChI is InChI=1S/C29H44N4O7S/c1-2-19-16-24-25(34)31-29(27(36)32-41(38,39)22-14-15-22)17-20(29)10-6-4-3-5-7-13-23(26(35)33(24)18-19)30-28(37)40-21-11-8-9-12-21/h6,10,19-24H,2-5,7-9,11-18H2,1H3,(H,30,37)(H,31,34)(H,32,36)/b10-6-/t19-,20+,23+,24+,29-/m1/s1. The summed E-state index contributed by atoms with van der Waals surface area (Å²) in [5.74, 6) is -1.73. The van der Waals surface area contributed by atoms with Crippen LogP contribution in [0.1, 0.15) is 96.8 Å². The second-order valence-electron chi connectivity index (χ2n) is 12.5. The molecule has 1 saturated heterocycles. The number of amides is 4. The van der Waals surface area contributed by atoms with Crippen molar-refractivity contribution in [3.8, 4) is 0 Å². The Bertz CT molecular complexity index is 1160. The predicted molar refractivity (Wildman–Crippen MR) is 151 cm³/mol. The fraction of sp³-hybridized carbons (Fsp3) is 0.793. The molecule has 3 N–H and O–H groups in total. The molecular formula is C29H44N4O7S. The van der Waals surface area contributed by atoms with Gasteiger partial charge in [0.1, 0.15) is 23.7 Å². The van der Waals surface area contributed by atoms with Gasteiger partial charge in [0.25, 0.3) is 5.91 Å². The van der Waals surface area contributed by atoms with Crippen LogP contribution >= 0.6 is 0 Å². The van der Waals surface area contributed by atoms with E-state index in [0.29, 0.717) is 38.6 Å². The lowest BCUT2D eigenvalue weighted by Crippen LogP contribution is -2.58. The summed E-state index contributed by atoms with van der Waals surface area (Å²) < 4.78 is 32.9. The van der Waals surface area contributed by atoms with Crippen molar-refractivity contribution in [2.45, 2.75) is 126 Å². The highest BCUT2D eigenvalue weighted by atomic mass is 32.2. The molecule has 0 unspecified atom stereocenters. The lowest BCUT2D eigenvalue weighted by atomic mass is 10.0. The van der Waals surface area contributed by atoms with E-state index < -0.39 is 50.8 Å². The molecule has 5 atom stereocenters. The number of nitrogens with one attached hydrogen (secondary N) is 3. The maximum absolute atomic E-state index is 13.9. The van der Waals surface area contributed by atoms with Crippen molar-refractivity contribution in [2.24, 2.45) is 11.8 Å². The van der Waals surface area contributed by atoms with Crippen LogP contribution in [0, 0.1) is 11.8 Å². The number of carbonyl (C=O) groups is 4. The van der Waals surface area contributed by atoms with Gasteiger partial charge in [-0.25, -0.2) is 13.2 Å². The summed E-state index contributed by atoms with van der Waals surface area (Å²) in [7, 11) is -3.79. The summed E-state index contributed by atoms with van der Waals surface area (Å²) in [4.78, 5) is 55.4. The molecule has 12 heteroatoms. The van der Waals surface area contributed by atoms with Gasteiger partial charge in [-0.2, -0.15) is 0 Å². The number of sulfonamides is 1. The van der Waals surface area contributed by atoms with Crippen LogP contribution < -0.4 is 15.4 Å². The molecule has 2 aliphatic heterocycles. The van der Waals surface area contributed by atoms with Gasteiger partial charge in [0.15, 0.2) is 0 Å². The van der Waals surface area contributed by atoms with Crippen LogP contribution in [-0.2, 0) is 29.1 Å². The van der Waals surface area contributed by atoms with Crippen LogP contribution in [0.25, 0.3) is 0 Å². The summed E-state index contributed by atoms with van der Waals surface area (Å²) >= 11 is 0. The first-order valence-corrected chi connectivity index (χ1v) is 17.0. The Morgan fingerprint density at radius 1 is 1.07 bits per heavy atom. The number of alkyl carbamates (subject to hydrolysis) is 1. The summed E-state index contributed by atoms with van der Waals surface area (Å²) in [5, 5.41) is 5.13. The zero-order chi connectivity index (χ0) is 29.2. The van der Waals surface area contributed by atoms with E-state index in [0.717, 1.165) is 57.8 Å². The average molecular weight is 593 g/mol. The zero-order valence-corrected chi connectivity index (χ0v) is 24.8. The number of nitrogens with zero attached hydrogens (tertiary/aromatic N) is 1. The predicted octanol–water partition coefficient (Wildman–Crippen LogP) is 2.65. The van der Waals surface area contributed by atoms with Gasteiger partial charge >= 0.3 is 6.09 Å². The number of fused-ring (bicyclic) bond motifs is 2. The maximum Gasteiger partial charge on any atom is 0.408 e. The third-order valence-corrected chi connectivity index (χ3v) is 11.2. The van der Waals surface area contributed by atoms with E-state index in [1.165, 1.54) is 0 Å². The second-order valence-corrected chi connectivity index (χ2v) is 14.5. The van der Waals surface area contributed by atoms with Gasteiger partial charge in [0, 0.05) is 12.5 Å². The molecule has 4 amide bonds. The molecule has 0 bridgehead atoms. The third-order valence-electron chi connectivity index (χ3n) is 9.41. The van der Waals surface area contributed by atoms with Crippen molar-refractivity contribution in [2.75, 3.05) is 6.54 Å². The Hall–Kier alpha value is -2.63. The first-order valence-electron chi connectivity index (χ1n) is 15.5. The lowest BCUT2D eigenvalue weighted by molar-refractivity contribution is -0.141. The maximum atomic E-state index is 13.9. The molecule has 3 saturated carbocycles. The van der Waals surface area contributed by atoms with Gasteiger partial charge in [0.2, 0.25) is 21.8 Å². The van der Waals surface area contributed by atoms with Crippen molar-refractivity contribution in [1.82, 2.24) is 20.3 Å². The highest BCUT2D eigenvalue weighted by Crippen LogP contribution is 2.46. The summed E-state index contributed by atoms with van der Waals surface area (Å²) in [6, 6.07) is -1.63. The van der Waals surface area contributed by atoms with Crippen LogP contribution in [-0.4, -0.2) is 72.7 Å². The zero-order valence-electron chi connectivity index (χ0n) is 23.9. The van der Waals surface area contributed by atoms with E-state index in [1.807, 2.05) is 19.1 Å². The molecule has 0 radical (unpaired) electrons. The second kappa shape index (κ2) is 12.3. The van der Waals surface area contributed by atoms with Crippen molar-refractivity contribution in [3.05, 3.63) is 12.2 Å². The minimum Gasteiger partial charge on any atom is -0.446 e. The van der Waals surface area contributed by atoms with Crippen LogP contribution in [0.4, 0.5) is 4.79 Å². The molecule has 5 aliphatic rings. The minimum atomic E-state index is -3.79. The highest BCUT2D eigenvalue weighted by Gasteiger charge is 2.62. The van der Waals surface area contributed by atoms with E-state index in [4.69, 9.17) is 4.74 Å². The number of carbonyl (C=O) groups excluding carboxylic acids is 4. The molecule has 0 spiro atoms. The van der Waals surface area contributed by atoms with Gasteiger partial charge < -0.3 is 20.3 Å². The van der Waals surface area contributed by atoms with Crippen LogP contribution in [0.15, 0.2) is 12.2 Å². The highest BCUT2D eigenvalue weighted by molar-refractivity contribution is 7.91. The molecule has 5 rings (SSSR count). The van der Waals surface area contributed by atoms with Crippen molar-refractivity contribution in [3.63, 3.8) is 0 Å². The van der Waals surface area contributed by atoms with Crippen molar-refractivity contribution < 1.29 is 32.3 Å². The van der Waals surface area contributed by atoms with Crippen LogP contribution in [0.3, 0.4) is 0 Å². The van der Waals surface area contributed by atoms with Gasteiger partial charge in [-0.15, -0.1) is 0 Å². The topological polar surface area (TPSA) is 151 Å². The molecule has 11 nitrogen and oxygen atoms in total. The Morgan fingerprint density at radius 3 is 2.51 bits per heavy atom. The smallest absolute Gasteiger partial charge is 0.408 e. The van der Waals surface area contributed by atoms with Gasteiger partial charge in [-0.05, 0) is 76.5 Å². The molecule has 228 valence electrons. The Labute approximate surface area is 242 Å². The summed E-state index contributed by atoms with van der Waals surface area (Å²) in [5.41, 5.74) is -1.36. The fourth-order valence-electron chi connectivity index (χ4n) is 6.52. The largest absolute Gasteiger partial charge is 0.446 e. The minimum absolute atomic E-state index is 0.0922.